The van der Waals surface area contributed by atoms with Gasteiger partial charge in [0.2, 0.25) is 0 Å². The number of hydrogen-bond donors (Lipinski definition) is 2. The van der Waals surface area contributed by atoms with E-state index in [1.165, 1.54) is 18.5 Å². The lowest BCUT2D eigenvalue weighted by Gasteiger charge is -2.12. The Morgan fingerprint density at radius 2 is 1.93 bits per heavy atom. The largest absolute Gasteiger partial charge is 0.349 e. The normalized spacial score (nSPS) is 13.4. The molecule has 7 nitrogen and oxygen atoms in total. The fraction of sp³-hybridized carbons (Fsp3) is 0.182. The summed E-state index contributed by atoms with van der Waals surface area (Å²) in [7, 11) is 0. The van der Waals surface area contributed by atoms with Crippen molar-refractivity contribution in [1.29, 1.82) is 0 Å². The Labute approximate surface area is 172 Å². The number of carbonyl (C=O) groups excluding carboxylic acids is 1. The van der Waals surface area contributed by atoms with Crippen molar-refractivity contribution in [2.45, 2.75) is 25.8 Å². The highest BCUT2D eigenvalue weighted by Gasteiger charge is 2.24. The Morgan fingerprint density at radius 1 is 1.13 bits per heavy atom. The van der Waals surface area contributed by atoms with E-state index in [-0.39, 0.29) is 11.7 Å². The van der Waals surface area contributed by atoms with E-state index in [1.54, 1.807) is 23.0 Å². The van der Waals surface area contributed by atoms with Gasteiger partial charge in [0.1, 0.15) is 18.0 Å². The van der Waals surface area contributed by atoms with Crippen molar-refractivity contribution in [2.75, 3.05) is 5.32 Å². The van der Waals surface area contributed by atoms with Crippen LogP contribution in [0.5, 0.6) is 0 Å². The maximum atomic E-state index is 13.3. The first-order valence-corrected chi connectivity index (χ1v) is 9.72. The number of hydrogen-bond acceptors (Lipinski definition) is 5. The summed E-state index contributed by atoms with van der Waals surface area (Å²) in [6.07, 6.45) is 5.20. The van der Waals surface area contributed by atoms with Gasteiger partial charge in [0, 0.05) is 17.3 Å². The number of halogens is 1. The summed E-state index contributed by atoms with van der Waals surface area (Å²) in [5.74, 6) is 0.196. The predicted octanol–water partition coefficient (Wildman–Crippen LogP) is 3.90. The fourth-order valence-electron chi connectivity index (χ4n) is 3.24. The van der Waals surface area contributed by atoms with E-state index in [0.717, 1.165) is 24.1 Å². The third-order valence-electron chi connectivity index (χ3n) is 5.10. The van der Waals surface area contributed by atoms with Crippen LogP contribution in [0, 0.1) is 12.7 Å². The topological polar surface area (TPSA) is 84.7 Å². The van der Waals surface area contributed by atoms with E-state index in [1.807, 2.05) is 25.1 Å². The van der Waals surface area contributed by atoms with Crippen LogP contribution in [0.2, 0.25) is 0 Å². The summed E-state index contributed by atoms with van der Waals surface area (Å²) in [4.78, 5) is 21.1. The van der Waals surface area contributed by atoms with E-state index in [4.69, 9.17) is 0 Å². The van der Waals surface area contributed by atoms with Crippen molar-refractivity contribution in [3.8, 4) is 5.69 Å². The summed E-state index contributed by atoms with van der Waals surface area (Å²) in [6, 6.07) is 11.9. The predicted molar refractivity (Wildman–Crippen MR) is 112 cm³/mol. The van der Waals surface area contributed by atoms with E-state index in [0.29, 0.717) is 34.1 Å². The van der Waals surface area contributed by atoms with Gasteiger partial charge in [-0.15, -0.1) is 0 Å². The Morgan fingerprint density at radius 3 is 2.70 bits per heavy atom. The average molecular weight is 402 g/mol. The third kappa shape index (κ3) is 3.47. The third-order valence-corrected chi connectivity index (χ3v) is 5.10. The molecular weight excluding hydrogens is 383 g/mol. The van der Waals surface area contributed by atoms with Gasteiger partial charge in [-0.2, -0.15) is 5.10 Å². The second-order valence-electron chi connectivity index (χ2n) is 7.39. The van der Waals surface area contributed by atoms with Gasteiger partial charge in [0.25, 0.3) is 5.91 Å². The van der Waals surface area contributed by atoms with E-state index < -0.39 is 0 Å². The molecule has 1 amide bonds. The molecule has 0 aliphatic heterocycles. The minimum Gasteiger partial charge on any atom is -0.349 e. The highest BCUT2D eigenvalue weighted by atomic mass is 19.1. The van der Waals surface area contributed by atoms with Gasteiger partial charge >= 0.3 is 0 Å². The number of nitrogens with one attached hydrogen (secondary N) is 2. The van der Waals surface area contributed by atoms with Crippen LogP contribution in [-0.2, 0) is 0 Å². The molecule has 4 aromatic rings. The Balaban J connectivity index is 1.48. The SMILES string of the molecule is Cc1ccc(C(=O)NC2CC2)cc1Nc1ncnc2c1cnn2-c1ccc(F)cc1. The lowest BCUT2D eigenvalue weighted by Crippen LogP contribution is -2.25. The highest BCUT2D eigenvalue weighted by Crippen LogP contribution is 2.27. The molecule has 0 bridgehead atoms. The molecule has 0 unspecified atom stereocenters. The Kier molecular flexibility index (Phi) is 4.39. The standard InChI is InChI=1S/C22H19FN6O/c1-13-2-3-14(22(30)27-16-6-7-16)10-19(13)28-20-18-11-26-29(21(18)25-12-24-20)17-8-4-15(23)5-9-17/h2-5,8-12,16H,6-7H2,1H3,(H,27,30)(H,24,25,28). The van der Waals surface area contributed by atoms with Crippen LogP contribution in [0.15, 0.2) is 55.0 Å². The minimum atomic E-state index is -0.312. The van der Waals surface area contributed by atoms with Gasteiger partial charge in [0.15, 0.2) is 5.65 Å². The number of rotatable bonds is 5. The molecule has 0 saturated heterocycles. The summed E-state index contributed by atoms with van der Waals surface area (Å²) < 4.78 is 14.9. The molecule has 2 aromatic carbocycles. The van der Waals surface area contributed by atoms with E-state index in [9.17, 15) is 9.18 Å². The highest BCUT2D eigenvalue weighted by molar-refractivity contribution is 5.96. The zero-order valence-electron chi connectivity index (χ0n) is 16.3. The Bertz CT molecular complexity index is 1250. The lowest BCUT2D eigenvalue weighted by molar-refractivity contribution is 0.0951. The number of carbonyl (C=O) groups is 1. The molecule has 0 spiro atoms. The molecule has 2 N–H and O–H groups in total. The Hall–Kier alpha value is -3.81. The van der Waals surface area contributed by atoms with Gasteiger partial charge < -0.3 is 10.6 Å². The molecule has 8 heteroatoms. The molecule has 30 heavy (non-hydrogen) atoms. The number of aryl methyl sites for hydroxylation is 1. The molecule has 1 aliphatic carbocycles. The van der Waals surface area contributed by atoms with Crippen LogP contribution in [0.1, 0.15) is 28.8 Å². The molecule has 2 aromatic heterocycles. The number of aromatic nitrogens is 4. The lowest BCUT2D eigenvalue weighted by atomic mass is 10.1. The zero-order valence-corrected chi connectivity index (χ0v) is 16.3. The zero-order chi connectivity index (χ0) is 20.7. The summed E-state index contributed by atoms with van der Waals surface area (Å²) in [6.45, 7) is 1.96. The molecule has 2 heterocycles. The van der Waals surface area contributed by atoms with Crippen molar-refractivity contribution < 1.29 is 9.18 Å². The van der Waals surface area contributed by atoms with Gasteiger partial charge in [-0.25, -0.2) is 19.0 Å². The van der Waals surface area contributed by atoms with Crippen LogP contribution < -0.4 is 10.6 Å². The number of amides is 1. The maximum absolute atomic E-state index is 13.3. The molecule has 1 fully saturated rings. The average Bonchev–Trinajstić information content (AvgIpc) is 3.45. The molecule has 0 radical (unpaired) electrons. The van der Waals surface area contributed by atoms with Crippen molar-refractivity contribution in [3.05, 3.63) is 71.9 Å². The van der Waals surface area contributed by atoms with E-state index >= 15 is 0 Å². The summed E-state index contributed by atoms with van der Waals surface area (Å²) in [5, 5.41) is 11.4. The van der Waals surface area contributed by atoms with Crippen molar-refractivity contribution in [2.24, 2.45) is 0 Å². The molecule has 1 aliphatic rings. The first-order chi connectivity index (χ1) is 14.6. The molecular formula is C22H19FN6O. The van der Waals surface area contributed by atoms with Crippen LogP contribution >= 0.6 is 0 Å². The minimum absolute atomic E-state index is 0.0717. The molecule has 5 rings (SSSR count). The smallest absolute Gasteiger partial charge is 0.251 e. The second-order valence-corrected chi connectivity index (χ2v) is 7.39. The van der Waals surface area contributed by atoms with Crippen molar-refractivity contribution >= 4 is 28.4 Å². The van der Waals surface area contributed by atoms with Crippen LogP contribution in [-0.4, -0.2) is 31.7 Å². The van der Waals surface area contributed by atoms with E-state index in [2.05, 4.69) is 25.7 Å². The second kappa shape index (κ2) is 7.22. The quantitative estimate of drug-likeness (QED) is 0.529. The van der Waals surface area contributed by atoms with Crippen LogP contribution in [0.3, 0.4) is 0 Å². The van der Waals surface area contributed by atoms with Crippen molar-refractivity contribution in [1.82, 2.24) is 25.1 Å². The van der Waals surface area contributed by atoms with Gasteiger partial charge in [-0.3, -0.25) is 4.79 Å². The van der Waals surface area contributed by atoms with Crippen LogP contribution in [0.4, 0.5) is 15.9 Å². The summed E-state index contributed by atoms with van der Waals surface area (Å²) >= 11 is 0. The number of nitrogens with zero attached hydrogens (tertiary/aromatic N) is 4. The fourth-order valence-corrected chi connectivity index (χ4v) is 3.24. The van der Waals surface area contributed by atoms with Crippen LogP contribution in [0.25, 0.3) is 16.7 Å². The molecule has 1 saturated carbocycles. The van der Waals surface area contributed by atoms with Crippen molar-refractivity contribution in [3.63, 3.8) is 0 Å². The molecule has 0 atom stereocenters. The summed E-state index contributed by atoms with van der Waals surface area (Å²) in [5.41, 5.74) is 3.66. The monoisotopic (exact) mass is 402 g/mol. The first-order valence-electron chi connectivity index (χ1n) is 9.72. The molecule has 150 valence electrons. The van der Waals surface area contributed by atoms with Gasteiger partial charge in [-0.05, 0) is 61.7 Å². The number of benzene rings is 2. The maximum Gasteiger partial charge on any atom is 0.251 e. The number of fused-ring (bicyclic) bond motifs is 1. The first kappa shape index (κ1) is 18.2. The van der Waals surface area contributed by atoms with Gasteiger partial charge in [0.05, 0.1) is 17.3 Å². The number of anilines is 2. The van der Waals surface area contributed by atoms with Gasteiger partial charge in [-0.1, -0.05) is 6.07 Å².